The molecule has 1 aromatic heterocycles. The van der Waals surface area contributed by atoms with Crippen LogP contribution in [0.3, 0.4) is 0 Å². The van der Waals surface area contributed by atoms with Crippen LogP contribution in [0.25, 0.3) is 0 Å². The minimum absolute atomic E-state index is 0.0221. The highest BCUT2D eigenvalue weighted by Crippen LogP contribution is 2.41. The maximum Gasteiger partial charge on any atom is 0.508 e. The van der Waals surface area contributed by atoms with E-state index < -0.39 is 53.5 Å². The minimum atomic E-state index is -1.14. The molecule has 34 heavy (non-hydrogen) atoms. The van der Waals surface area contributed by atoms with Gasteiger partial charge in [0.2, 0.25) is 6.79 Å². The summed E-state index contributed by atoms with van der Waals surface area (Å²) in [6.45, 7) is 2.46. The smallest absolute Gasteiger partial charge is 0.454 e. The van der Waals surface area contributed by atoms with Crippen LogP contribution in [0, 0.1) is 17.0 Å². The number of ether oxygens (including phenoxy) is 5. The van der Waals surface area contributed by atoms with Crippen LogP contribution in [0.4, 0.5) is 10.5 Å². The third-order valence-electron chi connectivity index (χ3n) is 5.46. The molecule has 1 fully saturated rings. The van der Waals surface area contributed by atoms with Gasteiger partial charge in [0.15, 0.2) is 11.5 Å². The lowest BCUT2D eigenvalue weighted by Crippen LogP contribution is -2.33. The largest absolute Gasteiger partial charge is 0.508 e. The number of fused-ring (bicyclic) bond motifs is 1. The topological polar surface area (TPSA) is 181 Å². The molecule has 2 aliphatic heterocycles. The molecule has 0 aliphatic carbocycles. The van der Waals surface area contributed by atoms with Gasteiger partial charge in [-0.1, -0.05) is 0 Å². The normalized spacial score (nSPS) is 21.8. The third kappa shape index (κ3) is 4.58. The van der Waals surface area contributed by atoms with Crippen LogP contribution in [0.1, 0.15) is 36.8 Å². The summed E-state index contributed by atoms with van der Waals surface area (Å²) >= 11 is 0. The van der Waals surface area contributed by atoms with E-state index in [0.717, 1.165) is 4.57 Å². The highest BCUT2D eigenvalue weighted by Gasteiger charge is 2.37. The standard InChI is InChI=1S/C20H21N3O11/c1-9-6-22(19(26)21-18(9)25)17-5-13(24)16(34-17)7-30-20(27)33-10(2)11-3-14-15(32-8-31-14)4-12(11)23(28)29/h3-4,6,10,13,16-17,24H,5,7-8H2,1-2H3,(H,21,25,26)/t10?,13-,16+,17+/m0/s1. The van der Waals surface area contributed by atoms with E-state index in [4.69, 9.17) is 23.7 Å². The van der Waals surface area contributed by atoms with E-state index in [1.165, 1.54) is 32.2 Å². The summed E-state index contributed by atoms with van der Waals surface area (Å²) in [5.41, 5.74) is -1.18. The molecule has 14 heteroatoms. The number of aryl methyl sites for hydroxylation is 1. The van der Waals surface area contributed by atoms with Crippen molar-refractivity contribution in [1.82, 2.24) is 9.55 Å². The molecule has 2 aromatic rings. The first-order valence-electron chi connectivity index (χ1n) is 10.2. The van der Waals surface area contributed by atoms with Gasteiger partial charge in [0.05, 0.1) is 22.7 Å². The molecule has 0 radical (unpaired) electrons. The lowest BCUT2D eigenvalue weighted by atomic mass is 10.1. The van der Waals surface area contributed by atoms with Crippen molar-refractivity contribution in [3.63, 3.8) is 0 Å². The summed E-state index contributed by atoms with van der Waals surface area (Å²) in [5, 5.41) is 21.7. The summed E-state index contributed by atoms with van der Waals surface area (Å²) in [6.07, 6.45) is -3.78. The number of nitro benzene ring substituents is 1. The van der Waals surface area contributed by atoms with E-state index in [-0.39, 0.29) is 41.5 Å². The van der Waals surface area contributed by atoms with Crippen molar-refractivity contribution in [2.75, 3.05) is 13.4 Å². The molecule has 0 spiro atoms. The van der Waals surface area contributed by atoms with Gasteiger partial charge in [-0.05, 0) is 19.9 Å². The molecule has 2 N–H and O–H groups in total. The molecular weight excluding hydrogens is 458 g/mol. The van der Waals surface area contributed by atoms with Crippen molar-refractivity contribution in [3.8, 4) is 11.5 Å². The first kappa shape index (κ1) is 23.3. The average Bonchev–Trinajstić information content (AvgIpc) is 3.39. The zero-order valence-corrected chi connectivity index (χ0v) is 18.1. The summed E-state index contributed by atoms with van der Waals surface area (Å²) < 4.78 is 27.3. The number of H-pyrrole nitrogens is 1. The van der Waals surface area contributed by atoms with E-state index >= 15 is 0 Å². The van der Waals surface area contributed by atoms with Crippen LogP contribution in [-0.4, -0.2) is 51.3 Å². The Bertz CT molecular complexity index is 1240. The van der Waals surface area contributed by atoms with Crippen LogP contribution in [0.2, 0.25) is 0 Å². The van der Waals surface area contributed by atoms with Gasteiger partial charge in [-0.3, -0.25) is 24.5 Å². The predicted molar refractivity (Wildman–Crippen MR) is 111 cm³/mol. The van der Waals surface area contributed by atoms with Crippen molar-refractivity contribution in [2.45, 2.75) is 44.8 Å². The lowest BCUT2D eigenvalue weighted by molar-refractivity contribution is -0.386. The molecule has 182 valence electrons. The molecule has 1 saturated heterocycles. The van der Waals surface area contributed by atoms with E-state index in [0.29, 0.717) is 0 Å². The number of nitrogens with one attached hydrogen (secondary N) is 1. The molecular formula is C20H21N3O11. The lowest BCUT2D eigenvalue weighted by Gasteiger charge is -2.18. The van der Waals surface area contributed by atoms with Crippen LogP contribution in [0.5, 0.6) is 11.5 Å². The first-order valence-corrected chi connectivity index (χ1v) is 10.2. The predicted octanol–water partition coefficient (Wildman–Crippen LogP) is 1.04. The van der Waals surface area contributed by atoms with E-state index in [9.17, 15) is 29.6 Å². The zero-order chi connectivity index (χ0) is 24.6. The molecule has 0 saturated carbocycles. The Kier molecular flexibility index (Phi) is 6.26. The van der Waals surface area contributed by atoms with Crippen LogP contribution < -0.4 is 20.7 Å². The van der Waals surface area contributed by atoms with Crippen LogP contribution >= 0.6 is 0 Å². The van der Waals surface area contributed by atoms with Crippen LogP contribution in [0.15, 0.2) is 27.9 Å². The Morgan fingerprint density at radius 2 is 2.06 bits per heavy atom. The molecule has 4 atom stereocenters. The Hall–Kier alpha value is -3.91. The SMILES string of the molecule is Cc1cn([C@H]2C[C@H](O)[C@@H](COC(=O)OC(C)c3cc4c(cc3[N+](=O)[O-])OCO4)O2)c(=O)[nH]c1=O. The number of aliphatic hydroxyl groups excluding tert-OH is 1. The van der Waals surface area contributed by atoms with Gasteiger partial charge in [0.1, 0.15) is 25.0 Å². The Balaban J connectivity index is 1.37. The Morgan fingerprint density at radius 3 is 2.76 bits per heavy atom. The number of nitro groups is 1. The number of aromatic nitrogens is 2. The minimum Gasteiger partial charge on any atom is -0.454 e. The number of carbonyl (C=O) groups is 1. The second-order valence-electron chi connectivity index (χ2n) is 7.75. The van der Waals surface area contributed by atoms with Gasteiger partial charge in [0.25, 0.3) is 11.2 Å². The number of hydrogen-bond acceptors (Lipinski definition) is 11. The molecule has 1 unspecified atom stereocenters. The number of hydrogen-bond donors (Lipinski definition) is 2. The second kappa shape index (κ2) is 9.15. The zero-order valence-electron chi connectivity index (χ0n) is 18.1. The maximum atomic E-state index is 12.2. The quantitative estimate of drug-likeness (QED) is 0.343. The molecule has 3 heterocycles. The molecule has 1 aromatic carbocycles. The molecule has 4 rings (SSSR count). The van der Waals surface area contributed by atoms with E-state index in [1.54, 1.807) is 0 Å². The monoisotopic (exact) mass is 479 g/mol. The second-order valence-corrected chi connectivity index (χ2v) is 7.75. The average molecular weight is 479 g/mol. The summed E-state index contributed by atoms with van der Waals surface area (Å²) in [5.74, 6) is 0.495. The van der Waals surface area contributed by atoms with Gasteiger partial charge in [-0.25, -0.2) is 9.59 Å². The van der Waals surface area contributed by atoms with Crippen molar-refractivity contribution in [1.29, 1.82) is 0 Å². The molecule has 0 bridgehead atoms. The van der Waals surface area contributed by atoms with Gasteiger partial charge >= 0.3 is 11.8 Å². The summed E-state index contributed by atoms with van der Waals surface area (Å²) in [6, 6.07) is 2.54. The fourth-order valence-electron chi connectivity index (χ4n) is 3.66. The fourth-order valence-corrected chi connectivity index (χ4v) is 3.66. The van der Waals surface area contributed by atoms with Crippen molar-refractivity contribution >= 4 is 11.8 Å². The number of aromatic amines is 1. The maximum absolute atomic E-state index is 12.2. The van der Waals surface area contributed by atoms with Gasteiger partial charge < -0.3 is 28.8 Å². The Morgan fingerprint density at radius 1 is 1.35 bits per heavy atom. The van der Waals surface area contributed by atoms with Crippen molar-refractivity contribution in [3.05, 3.63) is 60.4 Å². The third-order valence-corrected chi connectivity index (χ3v) is 5.46. The van der Waals surface area contributed by atoms with E-state index in [2.05, 4.69) is 4.98 Å². The van der Waals surface area contributed by atoms with Gasteiger partial charge in [0, 0.05) is 18.2 Å². The summed E-state index contributed by atoms with van der Waals surface area (Å²) in [4.78, 5) is 48.7. The Labute approximate surface area is 190 Å². The van der Waals surface area contributed by atoms with E-state index in [1.807, 2.05) is 0 Å². The molecule has 14 nitrogen and oxygen atoms in total. The first-order chi connectivity index (χ1) is 16.1. The number of benzene rings is 1. The van der Waals surface area contributed by atoms with Gasteiger partial charge in [-0.15, -0.1) is 0 Å². The number of aliphatic hydroxyl groups is 1. The molecule has 0 amide bonds. The summed E-state index contributed by atoms with van der Waals surface area (Å²) in [7, 11) is 0. The number of nitrogens with zero attached hydrogens (tertiary/aromatic N) is 2. The fraction of sp³-hybridized carbons (Fsp3) is 0.450. The van der Waals surface area contributed by atoms with Crippen molar-refractivity contribution < 1.29 is 38.5 Å². The van der Waals surface area contributed by atoms with Crippen molar-refractivity contribution in [2.24, 2.45) is 0 Å². The number of rotatable bonds is 6. The van der Waals surface area contributed by atoms with Gasteiger partial charge in [-0.2, -0.15) is 0 Å². The molecule has 2 aliphatic rings. The highest BCUT2D eigenvalue weighted by atomic mass is 16.7. The van der Waals surface area contributed by atoms with Crippen LogP contribution in [-0.2, 0) is 14.2 Å². The number of carbonyl (C=O) groups excluding carboxylic acids is 1. The highest BCUT2D eigenvalue weighted by molar-refractivity contribution is 5.62.